The van der Waals surface area contributed by atoms with Gasteiger partial charge < -0.3 is 0 Å². The Hall–Kier alpha value is -2.41. The van der Waals surface area contributed by atoms with Gasteiger partial charge >= 0.3 is 0 Å². The SMILES string of the molecule is CCCC(CCC)c1ccc(-c2cc3sc(-c4ccc(C#N)cc4)cc3s2)c(C2CCCCC2)c1. The van der Waals surface area contributed by atoms with Crippen molar-refractivity contribution in [1.82, 2.24) is 0 Å². The summed E-state index contributed by atoms with van der Waals surface area (Å²) >= 11 is 3.81. The van der Waals surface area contributed by atoms with Gasteiger partial charge in [0.25, 0.3) is 0 Å². The van der Waals surface area contributed by atoms with Gasteiger partial charge in [-0.15, -0.1) is 22.7 Å². The Morgan fingerprint density at radius 3 is 2.14 bits per heavy atom. The molecule has 5 rings (SSSR count). The van der Waals surface area contributed by atoms with E-state index in [4.69, 9.17) is 5.26 Å². The summed E-state index contributed by atoms with van der Waals surface area (Å²) in [5.41, 5.74) is 6.57. The molecule has 0 bridgehead atoms. The van der Waals surface area contributed by atoms with Crippen LogP contribution >= 0.6 is 22.7 Å². The van der Waals surface area contributed by atoms with Gasteiger partial charge in [-0.1, -0.05) is 76.3 Å². The number of rotatable bonds is 8. The van der Waals surface area contributed by atoms with E-state index in [1.807, 2.05) is 34.8 Å². The first-order chi connectivity index (χ1) is 17.2. The van der Waals surface area contributed by atoms with Gasteiger partial charge in [-0.3, -0.25) is 0 Å². The van der Waals surface area contributed by atoms with E-state index in [9.17, 15) is 0 Å². The van der Waals surface area contributed by atoms with E-state index in [0.29, 0.717) is 17.4 Å². The van der Waals surface area contributed by atoms with E-state index in [2.05, 4.69) is 62.4 Å². The summed E-state index contributed by atoms with van der Waals surface area (Å²) in [6.45, 7) is 4.65. The molecule has 0 spiro atoms. The highest BCUT2D eigenvalue weighted by Gasteiger charge is 2.22. The minimum atomic E-state index is 0.697. The van der Waals surface area contributed by atoms with Crippen LogP contribution in [0, 0.1) is 11.3 Å². The summed E-state index contributed by atoms with van der Waals surface area (Å²) in [6.07, 6.45) is 11.9. The van der Waals surface area contributed by atoms with Crippen LogP contribution in [-0.2, 0) is 0 Å². The van der Waals surface area contributed by atoms with E-state index >= 15 is 0 Å². The quantitative estimate of drug-likeness (QED) is 0.237. The number of hydrogen-bond acceptors (Lipinski definition) is 3. The molecular weight excluding hydrogens is 462 g/mol. The molecule has 0 atom stereocenters. The largest absolute Gasteiger partial charge is 0.192 e. The van der Waals surface area contributed by atoms with Gasteiger partial charge in [-0.2, -0.15) is 5.26 Å². The maximum Gasteiger partial charge on any atom is 0.0991 e. The number of nitrogens with zero attached hydrogens (tertiary/aromatic N) is 1. The number of thiophene rings is 2. The molecule has 180 valence electrons. The number of hydrogen-bond donors (Lipinski definition) is 0. The third-order valence-corrected chi connectivity index (χ3v) is 10.0. The maximum absolute atomic E-state index is 9.09. The second kappa shape index (κ2) is 11.1. The molecular formula is C32H35NS2. The van der Waals surface area contributed by atoms with Crippen LogP contribution in [0.1, 0.15) is 100 Å². The minimum Gasteiger partial charge on any atom is -0.192 e. The highest BCUT2D eigenvalue weighted by molar-refractivity contribution is 7.31. The molecule has 1 nitrogen and oxygen atoms in total. The van der Waals surface area contributed by atoms with Gasteiger partial charge in [0.15, 0.2) is 0 Å². The Morgan fingerprint density at radius 1 is 0.829 bits per heavy atom. The van der Waals surface area contributed by atoms with E-state index in [-0.39, 0.29) is 0 Å². The molecule has 1 aliphatic carbocycles. The van der Waals surface area contributed by atoms with Crippen LogP contribution in [0.4, 0.5) is 0 Å². The average molecular weight is 498 g/mol. The van der Waals surface area contributed by atoms with Crippen LogP contribution in [-0.4, -0.2) is 0 Å². The Morgan fingerprint density at radius 2 is 1.49 bits per heavy atom. The molecule has 0 amide bonds. The van der Waals surface area contributed by atoms with E-state index < -0.39 is 0 Å². The highest BCUT2D eigenvalue weighted by Crippen LogP contribution is 2.46. The summed E-state index contributed by atoms with van der Waals surface area (Å²) < 4.78 is 2.75. The van der Waals surface area contributed by atoms with Crippen molar-refractivity contribution in [1.29, 1.82) is 5.26 Å². The van der Waals surface area contributed by atoms with Crippen LogP contribution in [0.25, 0.3) is 30.3 Å². The average Bonchev–Trinajstić information content (AvgIpc) is 3.48. The molecule has 2 aromatic heterocycles. The number of benzene rings is 2. The lowest BCUT2D eigenvalue weighted by Gasteiger charge is -2.26. The van der Waals surface area contributed by atoms with Crippen molar-refractivity contribution in [2.24, 2.45) is 0 Å². The Kier molecular flexibility index (Phi) is 7.71. The Bertz CT molecular complexity index is 1270. The van der Waals surface area contributed by atoms with Crippen LogP contribution < -0.4 is 0 Å². The lowest BCUT2D eigenvalue weighted by molar-refractivity contribution is 0.443. The predicted molar refractivity (Wildman–Crippen MR) is 154 cm³/mol. The van der Waals surface area contributed by atoms with Crippen LogP contribution in [0.3, 0.4) is 0 Å². The zero-order valence-corrected chi connectivity index (χ0v) is 22.6. The fourth-order valence-corrected chi connectivity index (χ4v) is 8.25. The molecule has 2 aromatic carbocycles. The van der Waals surface area contributed by atoms with Gasteiger partial charge in [0.2, 0.25) is 0 Å². The van der Waals surface area contributed by atoms with Crippen molar-refractivity contribution in [2.75, 3.05) is 0 Å². The Labute approximate surface area is 218 Å². The smallest absolute Gasteiger partial charge is 0.0991 e. The van der Waals surface area contributed by atoms with Crippen molar-refractivity contribution < 1.29 is 0 Å². The molecule has 0 unspecified atom stereocenters. The molecule has 1 saturated carbocycles. The molecule has 0 aliphatic heterocycles. The van der Waals surface area contributed by atoms with Crippen molar-refractivity contribution >= 4 is 32.1 Å². The summed E-state index contributed by atoms with van der Waals surface area (Å²) in [5, 5.41) is 9.09. The highest BCUT2D eigenvalue weighted by atomic mass is 32.1. The fourth-order valence-electron chi connectivity index (χ4n) is 5.81. The summed E-state index contributed by atoms with van der Waals surface area (Å²) in [4.78, 5) is 2.71. The van der Waals surface area contributed by atoms with Crippen LogP contribution in [0.15, 0.2) is 54.6 Å². The molecule has 2 heterocycles. The van der Waals surface area contributed by atoms with E-state index in [1.54, 1.807) is 11.1 Å². The third-order valence-electron chi connectivity index (χ3n) is 7.64. The maximum atomic E-state index is 9.09. The van der Waals surface area contributed by atoms with Crippen LogP contribution in [0.5, 0.6) is 0 Å². The van der Waals surface area contributed by atoms with E-state index in [1.165, 1.54) is 88.1 Å². The molecule has 0 saturated heterocycles. The molecule has 3 heteroatoms. The predicted octanol–water partition coefficient (Wildman–Crippen LogP) is 10.9. The van der Waals surface area contributed by atoms with E-state index in [0.717, 1.165) is 0 Å². The normalized spacial score (nSPS) is 14.6. The van der Waals surface area contributed by atoms with Crippen molar-refractivity contribution in [2.45, 2.75) is 83.5 Å². The lowest BCUT2D eigenvalue weighted by atomic mass is 9.79. The first-order valence-electron chi connectivity index (χ1n) is 13.4. The van der Waals surface area contributed by atoms with Gasteiger partial charge in [-0.05, 0) is 84.0 Å². The molecule has 35 heavy (non-hydrogen) atoms. The van der Waals surface area contributed by atoms with Gasteiger partial charge in [-0.25, -0.2) is 0 Å². The topological polar surface area (TPSA) is 23.8 Å². The van der Waals surface area contributed by atoms with Gasteiger partial charge in [0.05, 0.1) is 11.6 Å². The van der Waals surface area contributed by atoms with Crippen molar-refractivity contribution in [3.63, 3.8) is 0 Å². The van der Waals surface area contributed by atoms with Crippen molar-refractivity contribution in [3.05, 3.63) is 71.3 Å². The number of fused-ring (bicyclic) bond motifs is 1. The zero-order valence-electron chi connectivity index (χ0n) is 21.0. The van der Waals surface area contributed by atoms with Crippen molar-refractivity contribution in [3.8, 4) is 27.0 Å². The standard InChI is InChI=1S/C32H35NS2/c1-3-8-23(9-4-2)26-16-17-27(28(18-26)24-10-6-5-7-11-24)30-20-32-31(35-30)19-29(34-32)25-14-12-22(21-33)13-15-25/h12-20,23-24H,3-11H2,1-2H3. The Balaban J connectivity index is 1.51. The fraction of sp³-hybridized carbons (Fsp3) is 0.406. The summed E-state index contributed by atoms with van der Waals surface area (Å²) in [5.74, 6) is 1.40. The summed E-state index contributed by atoms with van der Waals surface area (Å²) in [7, 11) is 0. The molecule has 0 N–H and O–H groups in total. The minimum absolute atomic E-state index is 0.697. The zero-order chi connectivity index (χ0) is 24.2. The molecule has 4 aromatic rings. The first kappa shape index (κ1) is 24.3. The molecule has 1 fully saturated rings. The van der Waals surface area contributed by atoms with Gasteiger partial charge in [0.1, 0.15) is 0 Å². The first-order valence-corrected chi connectivity index (χ1v) is 15.0. The second-order valence-electron chi connectivity index (χ2n) is 10.1. The third kappa shape index (κ3) is 5.25. The molecule has 1 aliphatic rings. The van der Waals surface area contributed by atoms with Crippen LogP contribution in [0.2, 0.25) is 0 Å². The van der Waals surface area contributed by atoms with Gasteiger partial charge in [0, 0.05) is 19.2 Å². The second-order valence-corrected chi connectivity index (χ2v) is 12.3. The number of nitriles is 1. The monoisotopic (exact) mass is 497 g/mol. The molecule has 0 radical (unpaired) electrons. The lowest BCUT2D eigenvalue weighted by Crippen LogP contribution is -2.08. The summed E-state index contributed by atoms with van der Waals surface area (Å²) in [6, 6.07) is 22.4.